The third-order valence-corrected chi connectivity index (χ3v) is 3.40. The van der Waals surface area contributed by atoms with Gasteiger partial charge in [-0.2, -0.15) is 5.26 Å². The molecule has 1 N–H and O–H groups in total. The zero-order valence-electron chi connectivity index (χ0n) is 10.8. The third-order valence-electron chi connectivity index (χ3n) is 3.40. The minimum absolute atomic E-state index is 0.305. The molecule has 4 heteroatoms. The summed E-state index contributed by atoms with van der Waals surface area (Å²) in [6.07, 6.45) is 1.14. The molecule has 16 heavy (non-hydrogen) atoms. The lowest BCUT2D eigenvalue weighted by atomic mass is 9.94. The molecule has 1 rings (SSSR count). The monoisotopic (exact) mass is 225 g/mol. The molecule has 1 saturated heterocycles. The first-order chi connectivity index (χ1) is 7.50. The molecule has 3 unspecified atom stereocenters. The molecule has 0 bridgehead atoms. The molecule has 92 valence electrons. The van der Waals surface area contributed by atoms with Crippen LogP contribution in [-0.4, -0.2) is 49.3 Å². The van der Waals surface area contributed by atoms with Gasteiger partial charge in [0, 0.05) is 19.1 Å². The zero-order chi connectivity index (χ0) is 12.2. The van der Waals surface area contributed by atoms with Gasteiger partial charge in [-0.1, -0.05) is 0 Å². The third kappa shape index (κ3) is 3.44. The summed E-state index contributed by atoms with van der Waals surface area (Å²) in [4.78, 5) is 2.40. The second-order valence-electron chi connectivity index (χ2n) is 4.92. The fourth-order valence-corrected chi connectivity index (χ4v) is 2.17. The molecule has 0 saturated carbocycles. The van der Waals surface area contributed by atoms with Gasteiger partial charge in [-0.05, 0) is 34.2 Å². The number of nitriles is 1. The quantitative estimate of drug-likeness (QED) is 0.775. The number of ether oxygens (including phenoxy) is 1. The number of morpholine rings is 1. The Morgan fingerprint density at radius 2 is 2.38 bits per heavy atom. The number of nitrogens with zero attached hydrogens (tertiary/aromatic N) is 2. The second kappa shape index (κ2) is 5.62. The van der Waals surface area contributed by atoms with Gasteiger partial charge < -0.3 is 10.1 Å². The van der Waals surface area contributed by atoms with E-state index in [0.29, 0.717) is 12.1 Å². The summed E-state index contributed by atoms with van der Waals surface area (Å²) in [5.41, 5.74) is -0.430. The molecule has 0 radical (unpaired) electrons. The molecule has 1 heterocycles. The van der Waals surface area contributed by atoms with Crippen LogP contribution in [0.15, 0.2) is 0 Å². The smallest absolute Gasteiger partial charge is 0.105 e. The first-order valence-corrected chi connectivity index (χ1v) is 5.96. The van der Waals surface area contributed by atoms with Gasteiger partial charge in [-0.25, -0.2) is 0 Å². The average Bonchev–Trinajstić information content (AvgIpc) is 2.29. The minimum Gasteiger partial charge on any atom is -0.376 e. The Labute approximate surface area is 98.6 Å². The van der Waals surface area contributed by atoms with Crippen LogP contribution in [0.25, 0.3) is 0 Å². The van der Waals surface area contributed by atoms with E-state index in [0.717, 1.165) is 26.1 Å². The normalized spacial score (nSPS) is 28.1. The van der Waals surface area contributed by atoms with Crippen molar-refractivity contribution in [3.63, 3.8) is 0 Å². The van der Waals surface area contributed by atoms with Crippen molar-refractivity contribution in [1.82, 2.24) is 10.2 Å². The number of nitrogens with one attached hydrogen (secondary N) is 1. The SMILES string of the molecule is CNC(C)(C#N)CC(C)N1CCOC(C)C1. The summed E-state index contributed by atoms with van der Waals surface area (Å²) < 4.78 is 5.52. The Bertz CT molecular complexity index is 263. The molecule has 1 aliphatic rings. The van der Waals surface area contributed by atoms with E-state index >= 15 is 0 Å². The highest BCUT2D eigenvalue weighted by Gasteiger charge is 2.29. The van der Waals surface area contributed by atoms with E-state index in [2.05, 4.69) is 30.1 Å². The molecular weight excluding hydrogens is 202 g/mol. The standard InChI is InChI=1S/C12H23N3O/c1-10(7-12(3,9-13)14-4)15-5-6-16-11(2)8-15/h10-11,14H,5-8H2,1-4H3. The number of rotatable bonds is 4. The van der Waals surface area contributed by atoms with Crippen LogP contribution in [0.5, 0.6) is 0 Å². The minimum atomic E-state index is -0.430. The highest BCUT2D eigenvalue weighted by atomic mass is 16.5. The van der Waals surface area contributed by atoms with Crippen LogP contribution in [0.1, 0.15) is 27.2 Å². The molecule has 0 aromatic rings. The largest absolute Gasteiger partial charge is 0.376 e. The van der Waals surface area contributed by atoms with Gasteiger partial charge in [0.1, 0.15) is 5.54 Å². The molecule has 0 amide bonds. The van der Waals surface area contributed by atoms with Gasteiger partial charge in [0.05, 0.1) is 18.8 Å². The molecule has 4 nitrogen and oxygen atoms in total. The lowest BCUT2D eigenvalue weighted by Crippen LogP contribution is -2.50. The highest BCUT2D eigenvalue weighted by Crippen LogP contribution is 2.17. The summed E-state index contributed by atoms with van der Waals surface area (Å²) >= 11 is 0. The average molecular weight is 225 g/mol. The van der Waals surface area contributed by atoms with Crippen LogP contribution in [-0.2, 0) is 4.74 Å². The van der Waals surface area contributed by atoms with E-state index in [9.17, 15) is 0 Å². The number of hydrogen-bond donors (Lipinski definition) is 1. The van der Waals surface area contributed by atoms with E-state index < -0.39 is 5.54 Å². The summed E-state index contributed by atoms with van der Waals surface area (Å²) in [6, 6.07) is 2.75. The van der Waals surface area contributed by atoms with Crippen LogP contribution < -0.4 is 5.32 Å². The van der Waals surface area contributed by atoms with E-state index in [4.69, 9.17) is 10.00 Å². The van der Waals surface area contributed by atoms with Crippen molar-refractivity contribution in [3.8, 4) is 6.07 Å². The van der Waals surface area contributed by atoms with Crippen LogP contribution in [0, 0.1) is 11.3 Å². The molecule has 0 aliphatic carbocycles. The lowest BCUT2D eigenvalue weighted by molar-refractivity contribution is -0.0345. The Morgan fingerprint density at radius 1 is 1.69 bits per heavy atom. The van der Waals surface area contributed by atoms with Crippen LogP contribution >= 0.6 is 0 Å². The molecule has 0 spiro atoms. The topological polar surface area (TPSA) is 48.3 Å². The number of hydrogen-bond acceptors (Lipinski definition) is 4. The maximum Gasteiger partial charge on any atom is 0.105 e. The Balaban J connectivity index is 2.51. The van der Waals surface area contributed by atoms with E-state index in [1.54, 1.807) is 0 Å². The maximum atomic E-state index is 9.13. The lowest BCUT2D eigenvalue weighted by Gasteiger charge is -2.38. The van der Waals surface area contributed by atoms with Gasteiger partial charge in [0.2, 0.25) is 0 Å². The van der Waals surface area contributed by atoms with Crippen LogP contribution in [0.3, 0.4) is 0 Å². The van der Waals surface area contributed by atoms with Gasteiger partial charge in [0.25, 0.3) is 0 Å². The Hall–Kier alpha value is -0.630. The van der Waals surface area contributed by atoms with Crippen molar-refractivity contribution in [1.29, 1.82) is 5.26 Å². The summed E-state index contributed by atoms with van der Waals surface area (Å²) in [5.74, 6) is 0. The first kappa shape index (κ1) is 13.4. The molecular formula is C12H23N3O. The summed E-state index contributed by atoms with van der Waals surface area (Å²) in [6.45, 7) is 8.97. The van der Waals surface area contributed by atoms with Gasteiger partial charge >= 0.3 is 0 Å². The predicted octanol–water partition coefficient (Wildman–Crippen LogP) is 0.987. The Morgan fingerprint density at radius 3 is 2.88 bits per heavy atom. The fourth-order valence-electron chi connectivity index (χ4n) is 2.17. The highest BCUT2D eigenvalue weighted by molar-refractivity contribution is 5.04. The molecule has 1 aliphatic heterocycles. The van der Waals surface area contributed by atoms with E-state index in [1.807, 2.05) is 14.0 Å². The molecule has 0 aromatic carbocycles. The van der Waals surface area contributed by atoms with Crippen molar-refractivity contribution in [2.75, 3.05) is 26.7 Å². The van der Waals surface area contributed by atoms with Gasteiger partial charge in [-0.15, -0.1) is 0 Å². The second-order valence-corrected chi connectivity index (χ2v) is 4.92. The van der Waals surface area contributed by atoms with Gasteiger partial charge in [0.15, 0.2) is 0 Å². The van der Waals surface area contributed by atoms with Crippen molar-refractivity contribution < 1.29 is 4.74 Å². The molecule has 3 atom stereocenters. The van der Waals surface area contributed by atoms with Crippen molar-refractivity contribution in [2.45, 2.75) is 44.9 Å². The summed E-state index contributed by atoms with van der Waals surface area (Å²) in [5, 5.41) is 12.2. The van der Waals surface area contributed by atoms with Crippen LogP contribution in [0.2, 0.25) is 0 Å². The molecule has 1 fully saturated rings. The Kier molecular flexibility index (Phi) is 4.72. The van der Waals surface area contributed by atoms with E-state index in [-0.39, 0.29) is 0 Å². The van der Waals surface area contributed by atoms with Crippen molar-refractivity contribution in [3.05, 3.63) is 0 Å². The molecule has 0 aromatic heterocycles. The van der Waals surface area contributed by atoms with Gasteiger partial charge in [-0.3, -0.25) is 4.90 Å². The fraction of sp³-hybridized carbons (Fsp3) is 0.917. The predicted molar refractivity (Wildman–Crippen MR) is 64.1 cm³/mol. The first-order valence-electron chi connectivity index (χ1n) is 5.96. The van der Waals surface area contributed by atoms with E-state index in [1.165, 1.54) is 0 Å². The maximum absolute atomic E-state index is 9.13. The summed E-state index contributed by atoms with van der Waals surface area (Å²) in [7, 11) is 1.85. The van der Waals surface area contributed by atoms with Crippen molar-refractivity contribution in [2.24, 2.45) is 0 Å². The van der Waals surface area contributed by atoms with Crippen LogP contribution in [0.4, 0.5) is 0 Å². The van der Waals surface area contributed by atoms with Crippen molar-refractivity contribution >= 4 is 0 Å². The zero-order valence-corrected chi connectivity index (χ0v) is 10.8.